The van der Waals surface area contributed by atoms with Crippen LogP contribution in [0.25, 0.3) is 10.9 Å². The molecule has 3 aromatic rings. The maximum absolute atomic E-state index is 12.1. The van der Waals surface area contributed by atoms with E-state index in [1.807, 2.05) is 12.1 Å². The van der Waals surface area contributed by atoms with Gasteiger partial charge in [-0.25, -0.2) is 0 Å². The molecule has 6 nitrogen and oxygen atoms in total. The van der Waals surface area contributed by atoms with Crippen molar-refractivity contribution < 1.29 is 9.84 Å². The van der Waals surface area contributed by atoms with Gasteiger partial charge in [-0.2, -0.15) is 0 Å². The van der Waals surface area contributed by atoms with E-state index in [9.17, 15) is 9.90 Å². The van der Waals surface area contributed by atoms with Gasteiger partial charge in [-0.15, -0.1) is 0 Å². The maximum Gasteiger partial charge on any atom is 0.248 e. The Balaban J connectivity index is 1.24. The summed E-state index contributed by atoms with van der Waals surface area (Å²) in [7, 11) is 0. The molecule has 0 aliphatic heterocycles. The first-order valence-electron chi connectivity index (χ1n) is 14.4. The largest absolute Gasteiger partial charge is 0.489 e. The second-order valence-corrected chi connectivity index (χ2v) is 10.7. The minimum absolute atomic E-state index is 0.184. The average molecular weight is 516 g/mol. The molecule has 1 fully saturated rings. The van der Waals surface area contributed by atoms with Crippen molar-refractivity contribution in [2.45, 2.75) is 83.8 Å². The van der Waals surface area contributed by atoms with Crippen molar-refractivity contribution in [3.63, 3.8) is 0 Å². The summed E-state index contributed by atoms with van der Waals surface area (Å²) in [4.78, 5) is 19.8. The highest BCUT2D eigenvalue weighted by Crippen LogP contribution is 2.31. The Kier molecular flexibility index (Phi) is 8.60. The highest BCUT2D eigenvalue weighted by molar-refractivity contribution is 5.88. The van der Waals surface area contributed by atoms with E-state index in [1.165, 1.54) is 53.3 Å². The zero-order chi connectivity index (χ0) is 26.5. The van der Waals surface area contributed by atoms with Crippen LogP contribution in [0.15, 0.2) is 46.2 Å². The summed E-state index contributed by atoms with van der Waals surface area (Å²) >= 11 is 0. The van der Waals surface area contributed by atoms with Crippen LogP contribution in [-0.2, 0) is 25.7 Å². The van der Waals surface area contributed by atoms with E-state index in [4.69, 9.17) is 9.73 Å². The third-order valence-electron chi connectivity index (χ3n) is 8.18. The van der Waals surface area contributed by atoms with Crippen molar-refractivity contribution in [2.75, 3.05) is 19.7 Å². The topological polar surface area (TPSA) is 86.7 Å². The van der Waals surface area contributed by atoms with Crippen molar-refractivity contribution >= 4 is 16.6 Å². The number of rotatable bonds is 10. The van der Waals surface area contributed by atoms with E-state index in [1.54, 1.807) is 6.07 Å². The fourth-order valence-corrected chi connectivity index (χ4v) is 6.10. The molecule has 0 radical (unpaired) electrons. The second-order valence-electron chi connectivity index (χ2n) is 10.7. The van der Waals surface area contributed by atoms with Gasteiger partial charge < -0.3 is 20.1 Å². The Hall–Kier alpha value is -2.96. The molecule has 2 aromatic carbocycles. The molecule has 0 unspecified atom stereocenters. The summed E-state index contributed by atoms with van der Waals surface area (Å²) in [6.45, 7) is 5.97. The SMILES string of the molecule is CCc1cc2c(cc1CC)CC(NC[C@@H](O)c1ccc(OCCN=C3CCCCC3)c3[nH]c(=O)ccc13)C2. The predicted octanol–water partition coefficient (Wildman–Crippen LogP) is 5.23. The fraction of sp³-hybridized carbons (Fsp3) is 0.500. The number of aromatic nitrogens is 1. The van der Waals surface area contributed by atoms with Gasteiger partial charge in [-0.05, 0) is 91.3 Å². The number of benzene rings is 2. The molecule has 2 aliphatic carbocycles. The lowest BCUT2D eigenvalue weighted by Gasteiger charge is -2.19. The summed E-state index contributed by atoms with van der Waals surface area (Å²) in [5, 5.41) is 15.6. The molecule has 0 saturated heterocycles. The Morgan fingerprint density at radius 3 is 2.42 bits per heavy atom. The summed E-state index contributed by atoms with van der Waals surface area (Å²) < 4.78 is 6.04. The van der Waals surface area contributed by atoms with Crippen LogP contribution in [0.2, 0.25) is 0 Å². The Morgan fingerprint density at radius 1 is 1.03 bits per heavy atom. The number of H-pyrrole nitrogens is 1. The van der Waals surface area contributed by atoms with Gasteiger partial charge in [0.05, 0.1) is 18.2 Å². The molecule has 0 spiro atoms. The average Bonchev–Trinajstić information content (AvgIpc) is 3.35. The van der Waals surface area contributed by atoms with Crippen LogP contribution in [0.5, 0.6) is 5.75 Å². The first-order chi connectivity index (χ1) is 18.6. The molecule has 0 amide bonds. The van der Waals surface area contributed by atoms with Gasteiger partial charge in [0, 0.05) is 29.8 Å². The third-order valence-corrected chi connectivity index (χ3v) is 8.18. The van der Waals surface area contributed by atoms with Crippen LogP contribution < -0.4 is 15.6 Å². The van der Waals surface area contributed by atoms with Crippen molar-refractivity contribution in [2.24, 2.45) is 4.99 Å². The fourth-order valence-electron chi connectivity index (χ4n) is 6.10. The Labute approximate surface area is 225 Å². The third kappa shape index (κ3) is 6.02. The smallest absolute Gasteiger partial charge is 0.248 e. The van der Waals surface area contributed by atoms with E-state index in [0.717, 1.165) is 49.5 Å². The molecule has 1 aromatic heterocycles. The van der Waals surface area contributed by atoms with E-state index in [2.05, 4.69) is 36.3 Å². The van der Waals surface area contributed by atoms with Crippen LogP contribution in [0.3, 0.4) is 0 Å². The lowest BCUT2D eigenvalue weighted by Crippen LogP contribution is -2.33. The predicted molar refractivity (Wildman–Crippen MR) is 155 cm³/mol. The van der Waals surface area contributed by atoms with Crippen LogP contribution in [0.4, 0.5) is 0 Å². The molecular formula is C32H41N3O3. The molecule has 6 heteroatoms. The normalized spacial score (nSPS) is 16.6. The Bertz CT molecular complexity index is 1320. The number of aryl methyl sites for hydroxylation is 2. The minimum atomic E-state index is -0.698. The number of fused-ring (bicyclic) bond motifs is 2. The number of aliphatic hydroxyl groups excluding tert-OH is 1. The van der Waals surface area contributed by atoms with Gasteiger partial charge in [-0.3, -0.25) is 9.79 Å². The van der Waals surface area contributed by atoms with Crippen molar-refractivity contribution in [1.29, 1.82) is 0 Å². The number of ether oxygens (including phenoxy) is 1. The number of hydrogen-bond acceptors (Lipinski definition) is 5. The van der Waals surface area contributed by atoms with Crippen LogP contribution in [0.1, 0.15) is 79.9 Å². The molecule has 5 rings (SSSR count). The second kappa shape index (κ2) is 12.3. The molecule has 1 heterocycles. The number of aliphatic imine (C=N–C) groups is 1. The number of pyridine rings is 1. The summed E-state index contributed by atoms with van der Waals surface area (Å²) in [5.74, 6) is 0.621. The lowest BCUT2D eigenvalue weighted by molar-refractivity contribution is 0.171. The standard InChI is InChI=1S/C32H41N3O3/c1-3-21-16-23-18-26(19-24(23)17-22(21)4-2)34-20-29(36)27-10-12-30(32-28(27)11-13-31(37)35-32)38-15-14-33-25-8-6-5-7-9-25/h10-13,16-17,26,29,34,36H,3-9,14-15,18-20H2,1-2H3,(H,35,37)/t29-/m1/s1. The van der Waals surface area contributed by atoms with E-state index >= 15 is 0 Å². The molecule has 1 atom stereocenters. The van der Waals surface area contributed by atoms with E-state index < -0.39 is 6.10 Å². The number of hydrogen-bond donors (Lipinski definition) is 3. The number of aromatic amines is 1. The summed E-state index contributed by atoms with van der Waals surface area (Å²) in [5.41, 5.74) is 8.31. The molecule has 202 valence electrons. The van der Waals surface area contributed by atoms with Gasteiger partial charge >= 0.3 is 0 Å². The first-order valence-corrected chi connectivity index (χ1v) is 14.4. The van der Waals surface area contributed by atoms with Gasteiger partial charge in [0.15, 0.2) is 0 Å². The van der Waals surface area contributed by atoms with Crippen molar-refractivity contribution in [3.05, 3.63) is 74.6 Å². The van der Waals surface area contributed by atoms with Crippen molar-refractivity contribution in [3.8, 4) is 5.75 Å². The molecule has 1 saturated carbocycles. The zero-order valence-corrected chi connectivity index (χ0v) is 22.8. The van der Waals surface area contributed by atoms with Crippen LogP contribution in [0, 0.1) is 0 Å². The van der Waals surface area contributed by atoms with Gasteiger partial charge in [0.2, 0.25) is 5.56 Å². The van der Waals surface area contributed by atoms with Gasteiger partial charge in [-0.1, -0.05) is 38.5 Å². The highest BCUT2D eigenvalue weighted by atomic mass is 16.5. The van der Waals surface area contributed by atoms with Gasteiger partial charge in [0.1, 0.15) is 12.4 Å². The summed E-state index contributed by atoms with van der Waals surface area (Å²) in [6, 6.07) is 12.2. The van der Waals surface area contributed by atoms with Crippen LogP contribution >= 0.6 is 0 Å². The van der Waals surface area contributed by atoms with E-state index in [0.29, 0.717) is 37.0 Å². The van der Waals surface area contributed by atoms with E-state index in [-0.39, 0.29) is 5.56 Å². The lowest BCUT2D eigenvalue weighted by atomic mass is 9.97. The Morgan fingerprint density at radius 2 is 1.74 bits per heavy atom. The maximum atomic E-state index is 12.1. The number of nitrogens with one attached hydrogen (secondary N) is 2. The van der Waals surface area contributed by atoms with Gasteiger partial charge in [0.25, 0.3) is 0 Å². The van der Waals surface area contributed by atoms with Crippen molar-refractivity contribution in [1.82, 2.24) is 10.3 Å². The zero-order valence-electron chi connectivity index (χ0n) is 22.8. The quantitative estimate of drug-likeness (QED) is 0.323. The van der Waals surface area contributed by atoms with Crippen LogP contribution in [-0.4, -0.2) is 41.5 Å². The number of aliphatic hydroxyl groups is 1. The highest BCUT2D eigenvalue weighted by Gasteiger charge is 2.24. The molecule has 0 bridgehead atoms. The molecular weight excluding hydrogens is 474 g/mol. The minimum Gasteiger partial charge on any atom is -0.489 e. The first kappa shape index (κ1) is 26.6. The summed E-state index contributed by atoms with van der Waals surface area (Å²) in [6.07, 6.45) is 9.38. The molecule has 2 aliphatic rings. The molecule has 38 heavy (non-hydrogen) atoms. The molecule has 3 N–H and O–H groups in total. The monoisotopic (exact) mass is 515 g/mol. The number of nitrogens with zero attached hydrogens (tertiary/aromatic N) is 1.